The van der Waals surface area contributed by atoms with E-state index in [0.717, 1.165) is 35.4 Å². The Labute approximate surface area is 168 Å². The molecule has 5 rings (SSSR count). The summed E-state index contributed by atoms with van der Waals surface area (Å²) in [5, 5.41) is 11.0. The molecule has 7 nitrogen and oxygen atoms in total. The molecule has 0 bridgehead atoms. The summed E-state index contributed by atoms with van der Waals surface area (Å²) in [7, 11) is 0. The lowest BCUT2D eigenvalue weighted by Gasteiger charge is -2.35. The zero-order chi connectivity index (χ0) is 19.8. The van der Waals surface area contributed by atoms with Crippen molar-refractivity contribution in [2.45, 2.75) is 25.8 Å². The van der Waals surface area contributed by atoms with Gasteiger partial charge in [-0.3, -0.25) is 9.36 Å². The lowest BCUT2D eigenvalue weighted by atomic mass is 9.80. The van der Waals surface area contributed by atoms with E-state index in [1.165, 1.54) is 0 Å². The van der Waals surface area contributed by atoms with Gasteiger partial charge in [-0.15, -0.1) is 5.10 Å². The number of benzene rings is 2. The molecule has 0 radical (unpaired) electrons. The number of fused-ring (bicyclic) bond motifs is 1. The van der Waals surface area contributed by atoms with Crippen LogP contribution in [0.5, 0.6) is 0 Å². The van der Waals surface area contributed by atoms with Crippen molar-refractivity contribution in [2.24, 2.45) is 5.92 Å². The molecule has 0 spiro atoms. The van der Waals surface area contributed by atoms with E-state index in [9.17, 15) is 4.79 Å². The quantitative estimate of drug-likeness (QED) is 0.571. The van der Waals surface area contributed by atoms with E-state index in [4.69, 9.17) is 0 Å². The van der Waals surface area contributed by atoms with Crippen LogP contribution in [0.1, 0.15) is 35.1 Å². The fourth-order valence-electron chi connectivity index (χ4n) is 4.08. The molecule has 1 aliphatic carbocycles. The number of hydrogen-bond acceptors (Lipinski definition) is 4. The molecular weight excluding hydrogens is 364 g/mol. The number of hydrogen-bond donors (Lipinski definition) is 1. The maximum Gasteiger partial charge on any atom is 0.251 e. The highest BCUT2D eigenvalue weighted by Gasteiger charge is 2.31. The molecule has 2 aromatic carbocycles. The number of aryl methyl sites for hydroxylation is 1. The standard InChI is InChI=1S/C22H22N6O/c1-15-25-20-13-17(7-8-21(20)28(15)18-5-3-2-4-6-18)22(29)23-14-16-11-19(12-16)27-10-9-24-26-27/h2-10,13,16,19H,11-12,14H2,1H3,(H,23,29). The molecule has 7 heteroatoms. The van der Waals surface area contributed by atoms with E-state index in [0.29, 0.717) is 24.1 Å². The average molecular weight is 386 g/mol. The van der Waals surface area contributed by atoms with Crippen molar-refractivity contribution >= 4 is 16.9 Å². The normalized spacial score (nSPS) is 18.5. The highest BCUT2D eigenvalue weighted by Crippen LogP contribution is 2.36. The first-order valence-corrected chi connectivity index (χ1v) is 9.87. The van der Waals surface area contributed by atoms with E-state index in [-0.39, 0.29) is 5.91 Å². The summed E-state index contributed by atoms with van der Waals surface area (Å²) < 4.78 is 4.01. The third kappa shape index (κ3) is 3.29. The van der Waals surface area contributed by atoms with Gasteiger partial charge in [-0.2, -0.15) is 0 Å². The molecule has 1 fully saturated rings. The first-order valence-electron chi connectivity index (χ1n) is 9.87. The zero-order valence-corrected chi connectivity index (χ0v) is 16.2. The number of aromatic nitrogens is 5. The summed E-state index contributed by atoms with van der Waals surface area (Å²) in [5.41, 5.74) is 3.53. The first-order chi connectivity index (χ1) is 14.2. The summed E-state index contributed by atoms with van der Waals surface area (Å²) in [6.45, 7) is 2.66. The molecule has 1 N–H and O–H groups in total. The van der Waals surface area contributed by atoms with Gasteiger partial charge >= 0.3 is 0 Å². The van der Waals surface area contributed by atoms with Crippen LogP contribution in [0.4, 0.5) is 0 Å². The lowest BCUT2D eigenvalue weighted by Crippen LogP contribution is -2.37. The van der Waals surface area contributed by atoms with Crippen molar-refractivity contribution in [3.05, 3.63) is 72.3 Å². The number of carbonyl (C=O) groups excluding carboxylic acids is 1. The number of nitrogens with zero attached hydrogens (tertiary/aromatic N) is 5. The number of amides is 1. The predicted molar refractivity (Wildman–Crippen MR) is 110 cm³/mol. The smallest absolute Gasteiger partial charge is 0.251 e. The van der Waals surface area contributed by atoms with Crippen LogP contribution in [0.2, 0.25) is 0 Å². The van der Waals surface area contributed by atoms with Crippen molar-refractivity contribution < 1.29 is 4.79 Å². The maximum atomic E-state index is 12.6. The molecule has 0 aliphatic heterocycles. The number of rotatable bonds is 5. The molecule has 1 amide bonds. The minimum Gasteiger partial charge on any atom is -0.352 e. The number of imidazole rings is 1. The SMILES string of the molecule is Cc1nc2cc(C(=O)NCC3CC(n4ccnn4)C3)ccc2n1-c1ccccc1. The Kier molecular flexibility index (Phi) is 4.35. The Morgan fingerprint density at radius 1 is 1.17 bits per heavy atom. The third-order valence-electron chi connectivity index (χ3n) is 5.68. The van der Waals surface area contributed by atoms with E-state index >= 15 is 0 Å². The highest BCUT2D eigenvalue weighted by atomic mass is 16.1. The van der Waals surface area contributed by atoms with Crippen molar-refractivity contribution in [3.8, 4) is 5.69 Å². The van der Waals surface area contributed by atoms with Crippen molar-refractivity contribution in [2.75, 3.05) is 6.54 Å². The molecule has 1 aliphatic rings. The van der Waals surface area contributed by atoms with E-state index in [2.05, 4.69) is 37.3 Å². The summed E-state index contributed by atoms with van der Waals surface area (Å²) in [5.74, 6) is 1.33. The van der Waals surface area contributed by atoms with Gasteiger partial charge in [-0.05, 0) is 56.0 Å². The van der Waals surface area contributed by atoms with Gasteiger partial charge in [0.05, 0.1) is 23.3 Å². The van der Waals surface area contributed by atoms with Crippen LogP contribution in [0.25, 0.3) is 16.7 Å². The van der Waals surface area contributed by atoms with Gasteiger partial charge < -0.3 is 5.32 Å². The van der Waals surface area contributed by atoms with Crippen LogP contribution in [0.15, 0.2) is 60.9 Å². The fourth-order valence-corrected chi connectivity index (χ4v) is 4.08. The van der Waals surface area contributed by atoms with Crippen LogP contribution >= 0.6 is 0 Å². The molecule has 2 heterocycles. The van der Waals surface area contributed by atoms with Gasteiger partial charge in [-0.1, -0.05) is 23.4 Å². The van der Waals surface area contributed by atoms with Crippen LogP contribution in [-0.2, 0) is 0 Å². The lowest BCUT2D eigenvalue weighted by molar-refractivity contribution is 0.0923. The number of carbonyl (C=O) groups is 1. The van der Waals surface area contributed by atoms with Crippen LogP contribution in [-0.4, -0.2) is 37.0 Å². The van der Waals surface area contributed by atoms with Crippen LogP contribution in [0.3, 0.4) is 0 Å². The monoisotopic (exact) mass is 386 g/mol. The van der Waals surface area contributed by atoms with Crippen LogP contribution in [0, 0.1) is 12.8 Å². The Morgan fingerprint density at radius 3 is 2.76 bits per heavy atom. The molecular formula is C22H22N6O. The topological polar surface area (TPSA) is 77.6 Å². The third-order valence-corrected chi connectivity index (χ3v) is 5.68. The minimum atomic E-state index is -0.0528. The van der Waals surface area contributed by atoms with Crippen molar-refractivity contribution in [3.63, 3.8) is 0 Å². The van der Waals surface area contributed by atoms with Gasteiger partial charge in [0.25, 0.3) is 5.91 Å². The van der Waals surface area contributed by atoms with Crippen molar-refractivity contribution in [1.82, 2.24) is 29.9 Å². The Bertz CT molecular complexity index is 1140. The summed E-state index contributed by atoms with van der Waals surface area (Å²) in [6.07, 6.45) is 5.63. The van der Waals surface area contributed by atoms with E-state index in [1.54, 1.807) is 6.20 Å². The summed E-state index contributed by atoms with van der Waals surface area (Å²) in [4.78, 5) is 17.3. The summed E-state index contributed by atoms with van der Waals surface area (Å²) >= 11 is 0. The maximum absolute atomic E-state index is 12.6. The zero-order valence-electron chi connectivity index (χ0n) is 16.2. The Morgan fingerprint density at radius 2 is 2.00 bits per heavy atom. The molecule has 29 heavy (non-hydrogen) atoms. The fraction of sp³-hybridized carbons (Fsp3) is 0.273. The van der Waals surface area contributed by atoms with Gasteiger partial charge in [0.1, 0.15) is 5.82 Å². The molecule has 0 saturated heterocycles. The molecule has 1 saturated carbocycles. The van der Waals surface area contributed by atoms with E-state index < -0.39 is 0 Å². The predicted octanol–water partition coefficient (Wildman–Crippen LogP) is 3.31. The molecule has 4 aromatic rings. The minimum absolute atomic E-state index is 0.0528. The second-order valence-electron chi connectivity index (χ2n) is 7.62. The number of para-hydroxylation sites is 1. The molecule has 0 atom stereocenters. The largest absolute Gasteiger partial charge is 0.352 e. The van der Waals surface area contributed by atoms with Gasteiger partial charge in [-0.25, -0.2) is 9.67 Å². The molecule has 2 aromatic heterocycles. The van der Waals surface area contributed by atoms with Gasteiger partial charge in [0.2, 0.25) is 0 Å². The first kappa shape index (κ1) is 17.6. The average Bonchev–Trinajstić information content (AvgIpc) is 3.33. The molecule has 146 valence electrons. The van der Waals surface area contributed by atoms with Crippen molar-refractivity contribution in [1.29, 1.82) is 0 Å². The van der Waals surface area contributed by atoms with Gasteiger partial charge in [0, 0.05) is 24.0 Å². The number of nitrogens with one attached hydrogen (secondary N) is 1. The highest BCUT2D eigenvalue weighted by molar-refractivity contribution is 5.97. The second kappa shape index (κ2) is 7.16. The summed E-state index contributed by atoms with van der Waals surface area (Å²) in [6, 6.07) is 16.2. The Balaban J connectivity index is 1.27. The van der Waals surface area contributed by atoms with Gasteiger partial charge in [0.15, 0.2) is 0 Å². The second-order valence-corrected chi connectivity index (χ2v) is 7.62. The Hall–Kier alpha value is -3.48. The van der Waals surface area contributed by atoms with Crippen LogP contribution < -0.4 is 5.32 Å². The molecule has 0 unspecified atom stereocenters. The van der Waals surface area contributed by atoms with E-state index in [1.807, 2.05) is 54.2 Å².